The summed E-state index contributed by atoms with van der Waals surface area (Å²) in [5.74, 6) is 0.514. The van der Waals surface area contributed by atoms with Crippen molar-refractivity contribution in [1.29, 1.82) is 0 Å². The molecule has 0 radical (unpaired) electrons. The second kappa shape index (κ2) is 5.35. The lowest BCUT2D eigenvalue weighted by Crippen LogP contribution is -2.03. The maximum atomic E-state index is 6.06. The number of hydrogen-bond donors (Lipinski definition) is 1. The van der Waals surface area contributed by atoms with Gasteiger partial charge in [-0.25, -0.2) is 0 Å². The molecule has 3 aromatic rings. The Morgan fingerprint density at radius 1 is 1.05 bits per heavy atom. The van der Waals surface area contributed by atoms with E-state index in [2.05, 4.69) is 15.5 Å². The number of nitrogens with two attached hydrogens (primary N) is 1. The molecule has 0 aliphatic heterocycles. The van der Waals surface area contributed by atoms with Crippen LogP contribution in [0.4, 0.5) is 5.69 Å². The Kier molecular flexibility index (Phi) is 3.53. The van der Waals surface area contributed by atoms with Crippen LogP contribution in [0.25, 0.3) is 17.1 Å². The van der Waals surface area contributed by atoms with Crippen molar-refractivity contribution in [3.63, 3.8) is 0 Å². The number of anilines is 1. The minimum Gasteiger partial charge on any atom is -0.398 e. The topological polar surface area (TPSA) is 69.6 Å². The van der Waals surface area contributed by atoms with Crippen LogP contribution in [0.15, 0.2) is 36.4 Å². The molecule has 21 heavy (non-hydrogen) atoms. The standard InChI is InChI=1S/C14H11Cl2N5/c1-8-2-3-10(16)7-13(8)21-14(18-19-20-21)11-6-9(15)4-5-12(11)17/h2-7H,17H2,1H3. The molecule has 106 valence electrons. The predicted octanol–water partition coefficient (Wildman–Crippen LogP) is 3.53. The van der Waals surface area contributed by atoms with Crippen LogP contribution >= 0.6 is 23.2 Å². The summed E-state index contributed by atoms with van der Waals surface area (Å²) < 4.78 is 1.60. The van der Waals surface area contributed by atoms with Crippen molar-refractivity contribution in [1.82, 2.24) is 20.2 Å². The third-order valence-corrected chi connectivity index (χ3v) is 3.60. The fourth-order valence-corrected chi connectivity index (χ4v) is 2.39. The molecule has 1 aromatic heterocycles. The predicted molar refractivity (Wildman–Crippen MR) is 83.8 cm³/mol. The van der Waals surface area contributed by atoms with Crippen LogP contribution in [-0.4, -0.2) is 20.2 Å². The molecule has 0 saturated carbocycles. The zero-order valence-electron chi connectivity index (χ0n) is 11.1. The van der Waals surface area contributed by atoms with Gasteiger partial charge in [-0.05, 0) is 53.2 Å². The van der Waals surface area contributed by atoms with Crippen molar-refractivity contribution in [3.05, 3.63) is 52.0 Å². The first kappa shape index (κ1) is 13.9. The van der Waals surface area contributed by atoms with Gasteiger partial charge in [0, 0.05) is 21.3 Å². The second-order valence-corrected chi connectivity index (χ2v) is 5.45. The second-order valence-electron chi connectivity index (χ2n) is 4.58. The van der Waals surface area contributed by atoms with Crippen molar-refractivity contribution in [2.75, 3.05) is 5.73 Å². The molecule has 7 heteroatoms. The van der Waals surface area contributed by atoms with E-state index in [1.807, 2.05) is 19.1 Å². The van der Waals surface area contributed by atoms with Crippen LogP contribution in [0.2, 0.25) is 10.0 Å². The van der Waals surface area contributed by atoms with E-state index in [-0.39, 0.29) is 0 Å². The van der Waals surface area contributed by atoms with Gasteiger partial charge in [0.25, 0.3) is 0 Å². The quantitative estimate of drug-likeness (QED) is 0.733. The molecule has 2 N–H and O–H groups in total. The summed E-state index contributed by atoms with van der Waals surface area (Å²) in [6.45, 7) is 1.96. The lowest BCUT2D eigenvalue weighted by molar-refractivity contribution is 0.787. The van der Waals surface area contributed by atoms with E-state index >= 15 is 0 Å². The molecule has 0 unspecified atom stereocenters. The van der Waals surface area contributed by atoms with Crippen molar-refractivity contribution in [3.8, 4) is 17.1 Å². The normalized spacial score (nSPS) is 10.8. The molecule has 0 saturated heterocycles. The maximum absolute atomic E-state index is 6.06. The summed E-state index contributed by atoms with van der Waals surface area (Å²) in [4.78, 5) is 0. The van der Waals surface area contributed by atoms with Gasteiger partial charge in [0.05, 0.1) is 5.69 Å². The van der Waals surface area contributed by atoms with E-state index in [1.54, 1.807) is 28.9 Å². The van der Waals surface area contributed by atoms with E-state index in [1.165, 1.54) is 0 Å². The first-order chi connectivity index (χ1) is 10.1. The number of aryl methyl sites for hydroxylation is 1. The Balaban J connectivity index is 2.22. The van der Waals surface area contributed by atoms with Crippen LogP contribution in [-0.2, 0) is 0 Å². The minimum atomic E-state index is 0.514. The monoisotopic (exact) mass is 319 g/mol. The Labute approximate surface area is 131 Å². The summed E-state index contributed by atoms with van der Waals surface area (Å²) in [6, 6.07) is 10.7. The highest BCUT2D eigenvalue weighted by Gasteiger charge is 2.15. The number of halogens is 2. The molecule has 0 aliphatic carbocycles. The summed E-state index contributed by atoms with van der Waals surface area (Å²) >= 11 is 12.1. The van der Waals surface area contributed by atoms with Gasteiger partial charge in [-0.2, -0.15) is 4.68 Å². The lowest BCUT2D eigenvalue weighted by atomic mass is 10.1. The molecule has 5 nitrogen and oxygen atoms in total. The average molecular weight is 320 g/mol. The number of hydrogen-bond acceptors (Lipinski definition) is 4. The Hall–Kier alpha value is -2.11. The van der Waals surface area contributed by atoms with Crippen molar-refractivity contribution < 1.29 is 0 Å². The highest BCUT2D eigenvalue weighted by Crippen LogP contribution is 2.29. The Morgan fingerprint density at radius 3 is 2.57 bits per heavy atom. The van der Waals surface area contributed by atoms with E-state index in [4.69, 9.17) is 28.9 Å². The van der Waals surface area contributed by atoms with Crippen LogP contribution in [0, 0.1) is 6.92 Å². The zero-order chi connectivity index (χ0) is 15.0. The van der Waals surface area contributed by atoms with Gasteiger partial charge in [-0.3, -0.25) is 0 Å². The summed E-state index contributed by atoms with van der Waals surface area (Å²) in [7, 11) is 0. The van der Waals surface area contributed by atoms with Crippen molar-refractivity contribution >= 4 is 28.9 Å². The highest BCUT2D eigenvalue weighted by atomic mass is 35.5. The van der Waals surface area contributed by atoms with Gasteiger partial charge in [0.1, 0.15) is 0 Å². The van der Waals surface area contributed by atoms with E-state index < -0.39 is 0 Å². The Bertz CT molecular complexity index is 747. The highest BCUT2D eigenvalue weighted by molar-refractivity contribution is 6.31. The summed E-state index contributed by atoms with van der Waals surface area (Å²) in [6.07, 6.45) is 0. The van der Waals surface area contributed by atoms with Gasteiger partial charge < -0.3 is 5.73 Å². The number of nitrogens with zero attached hydrogens (tertiary/aromatic N) is 4. The third kappa shape index (κ3) is 2.57. The van der Waals surface area contributed by atoms with Crippen LogP contribution < -0.4 is 5.73 Å². The number of rotatable bonds is 2. The molecule has 0 amide bonds. The summed E-state index contributed by atoms with van der Waals surface area (Å²) in [5.41, 5.74) is 9.01. The van der Waals surface area contributed by atoms with Gasteiger partial charge in [-0.15, -0.1) is 5.10 Å². The van der Waals surface area contributed by atoms with Gasteiger partial charge in [-0.1, -0.05) is 29.3 Å². The van der Waals surface area contributed by atoms with E-state index in [9.17, 15) is 0 Å². The molecular formula is C14H11Cl2N5. The van der Waals surface area contributed by atoms with Crippen LogP contribution in [0.1, 0.15) is 5.56 Å². The molecule has 0 aliphatic rings. The summed E-state index contributed by atoms with van der Waals surface area (Å²) in [5, 5.41) is 13.0. The first-order valence-electron chi connectivity index (χ1n) is 6.16. The smallest absolute Gasteiger partial charge is 0.189 e. The number of aromatic nitrogens is 4. The van der Waals surface area contributed by atoms with Crippen LogP contribution in [0.3, 0.4) is 0 Å². The number of tetrazole rings is 1. The van der Waals surface area contributed by atoms with Crippen molar-refractivity contribution in [2.24, 2.45) is 0 Å². The number of nitrogen functional groups attached to an aromatic ring is 1. The lowest BCUT2D eigenvalue weighted by Gasteiger charge is -2.10. The first-order valence-corrected chi connectivity index (χ1v) is 6.92. The molecular weight excluding hydrogens is 309 g/mol. The number of benzene rings is 2. The Morgan fingerprint density at radius 2 is 1.76 bits per heavy atom. The fourth-order valence-electron chi connectivity index (χ4n) is 2.05. The van der Waals surface area contributed by atoms with Crippen LogP contribution in [0.5, 0.6) is 0 Å². The van der Waals surface area contributed by atoms with E-state index in [0.717, 1.165) is 11.3 Å². The van der Waals surface area contributed by atoms with Gasteiger partial charge in [0.2, 0.25) is 0 Å². The van der Waals surface area contributed by atoms with E-state index in [0.29, 0.717) is 27.1 Å². The molecule has 0 bridgehead atoms. The maximum Gasteiger partial charge on any atom is 0.189 e. The third-order valence-electron chi connectivity index (χ3n) is 3.13. The van der Waals surface area contributed by atoms with Gasteiger partial charge in [0.15, 0.2) is 5.82 Å². The fraction of sp³-hybridized carbons (Fsp3) is 0.0714. The molecule has 1 heterocycles. The molecule has 0 fully saturated rings. The SMILES string of the molecule is Cc1ccc(Cl)cc1-n1nnnc1-c1cc(Cl)ccc1N. The average Bonchev–Trinajstić information content (AvgIpc) is 2.93. The molecule has 0 spiro atoms. The minimum absolute atomic E-state index is 0.514. The van der Waals surface area contributed by atoms with Gasteiger partial charge >= 0.3 is 0 Å². The largest absolute Gasteiger partial charge is 0.398 e. The molecule has 2 aromatic carbocycles. The molecule has 3 rings (SSSR count). The zero-order valence-corrected chi connectivity index (χ0v) is 12.6. The van der Waals surface area contributed by atoms with Crippen molar-refractivity contribution in [2.45, 2.75) is 6.92 Å². The molecule has 0 atom stereocenters.